The zero-order valence-electron chi connectivity index (χ0n) is 13.6. The second kappa shape index (κ2) is 6.96. The number of aryl methyl sites for hydroxylation is 1. The summed E-state index contributed by atoms with van der Waals surface area (Å²) in [6.45, 7) is 1.63. The molecule has 0 radical (unpaired) electrons. The van der Waals surface area contributed by atoms with Crippen molar-refractivity contribution in [2.75, 3.05) is 10.0 Å². The molecular weight excluding hydrogens is 361 g/mol. The summed E-state index contributed by atoms with van der Waals surface area (Å²) in [5, 5.41) is 6.14. The molecule has 2 N–H and O–H groups in total. The van der Waals surface area contributed by atoms with Gasteiger partial charge in [0, 0.05) is 17.3 Å². The number of carbonyl (C=O) groups excluding carboxylic acids is 1. The first-order valence-electron chi connectivity index (χ1n) is 7.47. The number of nitrogens with one attached hydrogen (secondary N) is 2. The molecule has 0 fully saturated rings. The number of aromatic nitrogens is 1. The minimum absolute atomic E-state index is 0.0451. The zero-order valence-corrected chi connectivity index (χ0v) is 14.4. The molecule has 0 aliphatic heterocycles. The molecule has 0 aliphatic rings. The first-order chi connectivity index (χ1) is 12.3. The van der Waals surface area contributed by atoms with Crippen LogP contribution >= 0.6 is 0 Å². The van der Waals surface area contributed by atoms with Gasteiger partial charge in [0.2, 0.25) is 0 Å². The number of sulfonamides is 1. The van der Waals surface area contributed by atoms with Gasteiger partial charge in [-0.1, -0.05) is 11.2 Å². The van der Waals surface area contributed by atoms with E-state index >= 15 is 0 Å². The van der Waals surface area contributed by atoms with Gasteiger partial charge in [-0.3, -0.25) is 9.52 Å². The van der Waals surface area contributed by atoms with Gasteiger partial charge in [-0.15, -0.1) is 0 Å². The predicted molar refractivity (Wildman–Crippen MR) is 92.8 cm³/mol. The van der Waals surface area contributed by atoms with E-state index in [9.17, 15) is 17.6 Å². The topological polar surface area (TPSA) is 101 Å². The molecular formula is C17H14FN3O4S. The molecule has 0 saturated heterocycles. The van der Waals surface area contributed by atoms with Crippen molar-refractivity contribution in [1.29, 1.82) is 0 Å². The molecule has 3 aromatic rings. The van der Waals surface area contributed by atoms with Crippen molar-refractivity contribution < 1.29 is 22.1 Å². The van der Waals surface area contributed by atoms with Crippen LogP contribution < -0.4 is 10.0 Å². The number of hydrogen-bond acceptors (Lipinski definition) is 5. The van der Waals surface area contributed by atoms with Gasteiger partial charge in [0.1, 0.15) is 11.6 Å². The third-order valence-electron chi connectivity index (χ3n) is 3.38. The average Bonchev–Trinajstić information content (AvgIpc) is 3.01. The third kappa shape index (κ3) is 4.06. The monoisotopic (exact) mass is 375 g/mol. The lowest BCUT2D eigenvalue weighted by Gasteiger charge is -2.08. The standard InChI is InChI=1S/C17H14FN3O4S/c1-11-9-16(20-25-11)21-26(23,24)15-4-2-3-12(10-15)17(22)19-14-7-5-13(18)6-8-14/h2-10H,1H3,(H,19,22)(H,20,21). The fourth-order valence-electron chi connectivity index (χ4n) is 2.15. The van der Waals surface area contributed by atoms with Crippen LogP contribution in [0.1, 0.15) is 16.1 Å². The van der Waals surface area contributed by atoms with Crippen LogP contribution in [0.3, 0.4) is 0 Å². The van der Waals surface area contributed by atoms with Gasteiger partial charge in [-0.25, -0.2) is 12.8 Å². The molecule has 0 aliphatic carbocycles. The van der Waals surface area contributed by atoms with Crippen molar-refractivity contribution in [3.63, 3.8) is 0 Å². The number of carbonyl (C=O) groups is 1. The Morgan fingerprint density at radius 2 is 1.85 bits per heavy atom. The van der Waals surface area contributed by atoms with Crippen molar-refractivity contribution in [2.45, 2.75) is 11.8 Å². The number of hydrogen-bond donors (Lipinski definition) is 2. The molecule has 0 spiro atoms. The highest BCUT2D eigenvalue weighted by Crippen LogP contribution is 2.18. The van der Waals surface area contributed by atoms with Crippen molar-refractivity contribution in [3.8, 4) is 0 Å². The highest BCUT2D eigenvalue weighted by molar-refractivity contribution is 7.92. The van der Waals surface area contributed by atoms with E-state index < -0.39 is 21.7 Å². The normalized spacial score (nSPS) is 11.2. The first-order valence-corrected chi connectivity index (χ1v) is 8.95. The van der Waals surface area contributed by atoms with Crippen molar-refractivity contribution in [1.82, 2.24) is 5.16 Å². The van der Waals surface area contributed by atoms with E-state index in [1.54, 1.807) is 6.92 Å². The molecule has 3 rings (SSSR count). The molecule has 134 valence electrons. The maximum atomic E-state index is 12.9. The quantitative estimate of drug-likeness (QED) is 0.713. The Morgan fingerprint density at radius 1 is 1.12 bits per heavy atom. The minimum Gasteiger partial charge on any atom is -0.360 e. The van der Waals surface area contributed by atoms with Crippen LogP contribution in [0.15, 0.2) is 64.0 Å². The molecule has 7 nitrogen and oxygen atoms in total. The molecule has 0 atom stereocenters. The van der Waals surface area contributed by atoms with Crippen LogP contribution in [-0.2, 0) is 10.0 Å². The van der Waals surface area contributed by atoms with E-state index in [0.717, 1.165) is 0 Å². The van der Waals surface area contributed by atoms with Crippen LogP contribution in [-0.4, -0.2) is 19.5 Å². The summed E-state index contributed by atoms with van der Waals surface area (Å²) in [7, 11) is -3.94. The lowest BCUT2D eigenvalue weighted by Crippen LogP contribution is -2.16. The van der Waals surface area contributed by atoms with Crippen LogP contribution in [0.2, 0.25) is 0 Å². The number of amides is 1. The Hall–Kier alpha value is -3.20. The number of benzene rings is 2. The first kappa shape index (κ1) is 17.6. The van der Waals surface area contributed by atoms with Gasteiger partial charge >= 0.3 is 0 Å². The number of nitrogens with zero attached hydrogens (tertiary/aromatic N) is 1. The molecule has 1 amide bonds. The number of halogens is 1. The van der Waals surface area contributed by atoms with Crippen molar-refractivity contribution >= 4 is 27.4 Å². The fourth-order valence-corrected chi connectivity index (χ4v) is 3.18. The molecule has 26 heavy (non-hydrogen) atoms. The fraction of sp³-hybridized carbons (Fsp3) is 0.0588. The summed E-state index contributed by atoms with van der Waals surface area (Å²) in [6, 6.07) is 12.2. The van der Waals surface area contributed by atoms with E-state index in [4.69, 9.17) is 4.52 Å². The molecule has 0 bridgehead atoms. The summed E-state index contributed by atoms with van der Waals surface area (Å²) in [5.41, 5.74) is 0.523. The predicted octanol–water partition coefficient (Wildman–Crippen LogP) is 3.18. The molecule has 0 saturated carbocycles. The maximum absolute atomic E-state index is 12.9. The largest absolute Gasteiger partial charge is 0.360 e. The van der Waals surface area contributed by atoms with Crippen molar-refractivity contribution in [3.05, 3.63) is 71.7 Å². The van der Waals surface area contributed by atoms with Gasteiger partial charge in [0.25, 0.3) is 15.9 Å². The average molecular weight is 375 g/mol. The Balaban J connectivity index is 1.80. The highest BCUT2D eigenvalue weighted by Gasteiger charge is 2.18. The van der Waals surface area contributed by atoms with Gasteiger partial charge in [-0.2, -0.15) is 0 Å². The Morgan fingerprint density at radius 3 is 2.50 bits per heavy atom. The number of rotatable bonds is 5. The second-order valence-electron chi connectivity index (χ2n) is 5.42. The number of anilines is 2. The van der Waals surface area contributed by atoms with Gasteiger partial charge < -0.3 is 9.84 Å². The molecule has 1 heterocycles. The van der Waals surface area contributed by atoms with E-state index in [2.05, 4.69) is 15.2 Å². The smallest absolute Gasteiger partial charge is 0.263 e. The van der Waals surface area contributed by atoms with Crippen LogP contribution in [0.4, 0.5) is 15.9 Å². The minimum atomic E-state index is -3.94. The van der Waals surface area contributed by atoms with Crippen LogP contribution in [0.25, 0.3) is 0 Å². The van der Waals surface area contributed by atoms with E-state index in [1.807, 2.05) is 0 Å². The van der Waals surface area contributed by atoms with Gasteiger partial charge in [0.15, 0.2) is 5.82 Å². The summed E-state index contributed by atoms with van der Waals surface area (Å²) in [6.07, 6.45) is 0. The highest BCUT2D eigenvalue weighted by atomic mass is 32.2. The molecule has 2 aromatic carbocycles. The van der Waals surface area contributed by atoms with Crippen molar-refractivity contribution in [2.24, 2.45) is 0 Å². The Kier molecular flexibility index (Phi) is 4.72. The second-order valence-corrected chi connectivity index (χ2v) is 7.10. The third-order valence-corrected chi connectivity index (χ3v) is 4.73. The SMILES string of the molecule is Cc1cc(NS(=O)(=O)c2cccc(C(=O)Nc3ccc(F)cc3)c2)no1. The van der Waals surface area contributed by atoms with Gasteiger partial charge in [0.05, 0.1) is 4.90 Å². The lowest BCUT2D eigenvalue weighted by molar-refractivity contribution is 0.102. The molecule has 1 aromatic heterocycles. The van der Waals surface area contributed by atoms with E-state index in [-0.39, 0.29) is 16.3 Å². The molecule has 9 heteroatoms. The Bertz CT molecular complexity index is 1050. The summed E-state index contributed by atoms with van der Waals surface area (Å²) in [5.74, 6) is -0.449. The van der Waals surface area contributed by atoms with Crippen LogP contribution in [0.5, 0.6) is 0 Å². The summed E-state index contributed by atoms with van der Waals surface area (Å²) < 4.78 is 44.8. The maximum Gasteiger partial charge on any atom is 0.263 e. The lowest BCUT2D eigenvalue weighted by atomic mass is 10.2. The summed E-state index contributed by atoms with van der Waals surface area (Å²) in [4.78, 5) is 12.2. The van der Waals surface area contributed by atoms with E-state index in [0.29, 0.717) is 11.4 Å². The Labute approximate surface area is 148 Å². The molecule has 0 unspecified atom stereocenters. The van der Waals surface area contributed by atoms with Crippen LogP contribution in [0, 0.1) is 12.7 Å². The van der Waals surface area contributed by atoms with Gasteiger partial charge in [-0.05, 0) is 49.4 Å². The van der Waals surface area contributed by atoms with E-state index in [1.165, 1.54) is 54.6 Å². The summed E-state index contributed by atoms with van der Waals surface area (Å²) >= 11 is 0. The zero-order chi connectivity index (χ0) is 18.7.